The van der Waals surface area contributed by atoms with Crippen molar-refractivity contribution in [2.24, 2.45) is 5.92 Å². The Morgan fingerprint density at radius 3 is 2.76 bits per heavy atom. The third kappa shape index (κ3) is 6.12. The molecule has 158 valence electrons. The number of hydrogen-bond acceptors (Lipinski definition) is 5. The van der Waals surface area contributed by atoms with Crippen LogP contribution in [0.3, 0.4) is 0 Å². The molecule has 0 radical (unpaired) electrons. The zero-order chi connectivity index (χ0) is 20.7. The van der Waals surface area contributed by atoms with Gasteiger partial charge in [-0.1, -0.05) is 36.4 Å². The number of carbonyl (C=O) groups is 1. The molecule has 2 aromatic rings. The number of carbonyl (C=O) groups excluding carboxylic acids is 1. The van der Waals surface area contributed by atoms with Crippen LogP contribution in [-0.4, -0.2) is 56.8 Å². The summed E-state index contributed by atoms with van der Waals surface area (Å²) in [6, 6.07) is 13.7. The molecule has 1 aliphatic heterocycles. The van der Waals surface area contributed by atoms with E-state index < -0.39 is 10.0 Å². The van der Waals surface area contributed by atoms with Crippen molar-refractivity contribution in [3.63, 3.8) is 0 Å². The molecule has 8 heteroatoms. The lowest BCUT2D eigenvalue weighted by Crippen LogP contribution is -2.45. The minimum absolute atomic E-state index is 0.0400. The fourth-order valence-electron chi connectivity index (χ4n) is 3.59. The van der Waals surface area contributed by atoms with Crippen molar-refractivity contribution < 1.29 is 13.2 Å². The number of thiophene rings is 1. The van der Waals surface area contributed by atoms with E-state index in [1.807, 2.05) is 18.2 Å². The van der Waals surface area contributed by atoms with Crippen LogP contribution >= 0.6 is 11.3 Å². The third-order valence-electron chi connectivity index (χ3n) is 5.16. The Hall–Kier alpha value is -1.74. The zero-order valence-corrected chi connectivity index (χ0v) is 18.4. The van der Waals surface area contributed by atoms with E-state index in [-0.39, 0.29) is 18.4 Å². The van der Waals surface area contributed by atoms with Gasteiger partial charge in [-0.15, -0.1) is 11.3 Å². The van der Waals surface area contributed by atoms with Gasteiger partial charge in [0.15, 0.2) is 0 Å². The average molecular weight is 436 g/mol. The standard InChI is InChI=1S/C21H29N3O3S2/c1-23(16-18-8-3-2-4-9-18)13-7-12-22-21(25)19-10-5-14-24(17-19)29(26,27)20-11-6-15-28-20/h2-4,6,8-9,11,15,19H,5,7,10,12-14,16-17H2,1H3,(H,22,25). The van der Waals surface area contributed by atoms with Crippen molar-refractivity contribution in [2.45, 2.75) is 30.0 Å². The molecule has 1 aliphatic rings. The van der Waals surface area contributed by atoms with Gasteiger partial charge >= 0.3 is 0 Å². The first-order valence-corrected chi connectivity index (χ1v) is 12.3. The van der Waals surface area contributed by atoms with E-state index in [2.05, 4.69) is 29.4 Å². The smallest absolute Gasteiger partial charge is 0.252 e. The van der Waals surface area contributed by atoms with Gasteiger partial charge in [0.1, 0.15) is 4.21 Å². The van der Waals surface area contributed by atoms with Crippen molar-refractivity contribution >= 4 is 27.3 Å². The van der Waals surface area contributed by atoms with Crippen LogP contribution in [0.25, 0.3) is 0 Å². The van der Waals surface area contributed by atoms with E-state index >= 15 is 0 Å². The average Bonchev–Trinajstić information content (AvgIpc) is 3.28. The Kier molecular flexibility index (Phi) is 7.83. The molecule has 1 amide bonds. The predicted molar refractivity (Wildman–Crippen MR) is 116 cm³/mol. The third-order valence-corrected chi connectivity index (χ3v) is 8.39. The zero-order valence-electron chi connectivity index (χ0n) is 16.8. The van der Waals surface area contributed by atoms with Crippen molar-refractivity contribution in [2.75, 3.05) is 33.2 Å². The van der Waals surface area contributed by atoms with Crippen LogP contribution in [0.15, 0.2) is 52.1 Å². The topological polar surface area (TPSA) is 69.7 Å². The van der Waals surface area contributed by atoms with E-state index in [4.69, 9.17) is 0 Å². The van der Waals surface area contributed by atoms with Gasteiger partial charge in [0, 0.05) is 26.2 Å². The highest BCUT2D eigenvalue weighted by Crippen LogP contribution is 2.26. The van der Waals surface area contributed by atoms with E-state index in [1.54, 1.807) is 17.5 Å². The van der Waals surface area contributed by atoms with Crippen molar-refractivity contribution in [3.05, 3.63) is 53.4 Å². The van der Waals surface area contributed by atoms with Crippen LogP contribution in [-0.2, 0) is 21.4 Å². The molecule has 3 rings (SSSR count). The molecule has 0 aliphatic carbocycles. The van der Waals surface area contributed by atoms with E-state index in [9.17, 15) is 13.2 Å². The highest BCUT2D eigenvalue weighted by atomic mass is 32.2. The minimum Gasteiger partial charge on any atom is -0.356 e. The molecule has 29 heavy (non-hydrogen) atoms. The number of rotatable bonds is 9. The largest absolute Gasteiger partial charge is 0.356 e. The molecule has 1 N–H and O–H groups in total. The fraction of sp³-hybridized carbons (Fsp3) is 0.476. The second kappa shape index (κ2) is 10.3. The molecule has 0 bridgehead atoms. The fourth-order valence-corrected chi connectivity index (χ4v) is 6.26. The minimum atomic E-state index is -3.49. The Balaban J connectivity index is 1.41. The first-order valence-electron chi connectivity index (χ1n) is 10.0. The summed E-state index contributed by atoms with van der Waals surface area (Å²) in [4.78, 5) is 14.8. The van der Waals surface area contributed by atoms with Gasteiger partial charge in [0.2, 0.25) is 5.91 Å². The first-order chi connectivity index (χ1) is 14.0. The number of nitrogens with one attached hydrogen (secondary N) is 1. The van der Waals surface area contributed by atoms with Gasteiger partial charge in [-0.3, -0.25) is 4.79 Å². The van der Waals surface area contributed by atoms with Crippen LogP contribution in [0.2, 0.25) is 0 Å². The summed E-state index contributed by atoms with van der Waals surface area (Å²) in [6.45, 7) is 3.12. The maximum atomic E-state index is 12.7. The number of nitrogens with zero attached hydrogens (tertiary/aromatic N) is 2. The summed E-state index contributed by atoms with van der Waals surface area (Å²) in [7, 11) is -1.41. The molecular weight excluding hydrogens is 406 g/mol. The van der Waals surface area contributed by atoms with Gasteiger partial charge in [0.25, 0.3) is 10.0 Å². The Bertz CT molecular complexity index is 870. The maximum absolute atomic E-state index is 12.7. The van der Waals surface area contributed by atoms with Crippen molar-refractivity contribution in [3.8, 4) is 0 Å². The van der Waals surface area contributed by atoms with Crippen LogP contribution < -0.4 is 5.32 Å². The van der Waals surface area contributed by atoms with Gasteiger partial charge in [-0.2, -0.15) is 4.31 Å². The highest BCUT2D eigenvalue weighted by molar-refractivity contribution is 7.91. The first kappa shape index (κ1) is 22.0. The highest BCUT2D eigenvalue weighted by Gasteiger charge is 2.33. The molecule has 6 nitrogen and oxygen atoms in total. The lowest BCUT2D eigenvalue weighted by atomic mass is 9.99. The molecule has 1 unspecified atom stereocenters. The molecule has 0 spiro atoms. The summed E-state index contributed by atoms with van der Waals surface area (Å²) >= 11 is 1.22. The van der Waals surface area contributed by atoms with E-state index in [0.29, 0.717) is 23.7 Å². The van der Waals surface area contributed by atoms with Crippen LogP contribution in [0, 0.1) is 5.92 Å². The lowest BCUT2D eigenvalue weighted by Gasteiger charge is -2.30. The Morgan fingerprint density at radius 1 is 1.24 bits per heavy atom. The number of piperidine rings is 1. The van der Waals surface area contributed by atoms with E-state index in [0.717, 1.165) is 25.9 Å². The molecule has 1 fully saturated rings. The van der Waals surface area contributed by atoms with Gasteiger partial charge in [0.05, 0.1) is 5.92 Å². The molecule has 1 atom stereocenters. The second-order valence-electron chi connectivity index (χ2n) is 7.50. The second-order valence-corrected chi connectivity index (χ2v) is 10.6. The predicted octanol–water partition coefficient (Wildman–Crippen LogP) is 2.79. The summed E-state index contributed by atoms with van der Waals surface area (Å²) in [5, 5.41) is 4.75. The van der Waals surface area contributed by atoms with Crippen LogP contribution in [0.5, 0.6) is 0 Å². The SMILES string of the molecule is CN(CCCNC(=O)C1CCCN(S(=O)(=O)c2cccs2)C1)Cc1ccccc1. The monoisotopic (exact) mass is 435 g/mol. The van der Waals surface area contributed by atoms with Gasteiger partial charge < -0.3 is 10.2 Å². The molecule has 1 aromatic heterocycles. The lowest BCUT2D eigenvalue weighted by molar-refractivity contribution is -0.126. The maximum Gasteiger partial charge on any atom is 0.252 e. The number of benzene rings is 1. The molecular formula is C21H29N3O3S2. The Morgan fingerprint density at radius 2 is 2.03 bits per heavy atom. The Labute approximate surface area is 177 Å². The van der Waals surface area contributed by atoms with Gasteiger partial charge in [-0.25, -0.2) is 8.42 Å². The number of hydrogen-bond donors (Lipinski definition) is 1. The van der Waals surface area contributed by atoms with Crippen molar-refractivity contribution in [1.82, 2.24) is 14.5 Å². The van der Waals surface area contributed by atoms with E-state index in [1.165, 1.54) is 21.2 Å². The number of amides is 1. The molecule has 0 saturated carbocycles. The summed E-state index contributed by atoms with van der Waals surface area (Å²) in [5.74, 6) is -0.317. The quantitative estimate of drug-likeness (QED) is 0.615. The van der Waals surface area contributed by atoms with Crippen LogP contribution in [0.1, 0.15) is 24.8 Å². The summed E-state index contributed by atoms with van der Waals surface area (Å²) < 4.78 is 27.2. The summed E-state index contributed by atoms with van der Waals surface area (Å²) in [6.07, 6.45) is 2.30. The van der Waals surface area contributed by atoms with Crippen LogP contribution in [0.4, 0.5) is 0 Å². The molecule has 1 saturated heterocycles. The van der Waals surface area contributed by atoms with Crippen molar-refractivity contribution in [1.29, 1.82) is 0 Å². The molecule has 1 aromatic carbocycles. The normalized spacial score (nSPS) is 18.1. The molecule has 2 heterocycles. The number of sulfonamides is 1. The summed E-state index contributed by atoms with van der Waals surface area (Å²) in [5.41, 5.74) is 1.27. The van der Waals surface area contributed by atoms with Gasteiger partial charge in [-0.05, 0) is 49.9 Å².